The van der Waals surface area contributed by atoms with Crippen LogP contribution < -0.4 is 5.73 Å². The number of carbonyl (C=O) groups is 2. The molecule has 0 amide bonds. The Kier molecular flexibility index (Phi) is 4.43. The zero-order chi connectivity index (χ0) is 15.6. The van der Waals surface area contributed by atoms with Gasteiger partial charge in [0.25, 0.3) is 0 Å². The van der Waals surface area contributed by atoms with Gasteiger partial charge < -0.3 is 10.8 Å². The van der Waals surface area contributed by atoms with Crippen molar-refractivity contribution in [2.24, 2.45) is 5.73 Å². The van der Waals surface area contributed by atoms with Crippen LogP contribution in [0.5, 0.6) is 0 Å². The third-order valence-electron chi connectivity index (χ3n) is 3.65. The molecule has 0 bridgehead atoms. The summed E-state index contributed by atoms with van der Waals surface area (Å²) in [6.07, 6.45) is 1.41. The molecule has 2 unspecified atom stereocenters. The van der Waals surface area contributed by atoms with Crippen molar-refractivity contribution in [2.75, 3.05) is 0 Å². The Morgan fingerprint density at radius 1 is 1.33 bits per heavy atom. The molecule has 7 heteroatoms. The molecule has 114 valence electrons. The van der Waals surface area contributed by atoms with Crippen molar-refractivity contribution in [3.05, 3.63) is 29.8 Å². The summed E-state index contributed by atoms with van der Waals surface area (Å²) in [7, 11) is -3.65. The van der Waals surface area contributed by atoms with Crippen molar-refractivity contribution in [3.63, 3.8) is 0 Å². The average molecular weight is 311 g/mol. The normalized spacial score (nSPS) is 20.4. The summed E-state index contributed by atoms with van der Waals surface area (Å²) in [6.45, 7) is 0. The molecule has 0 aliphatic heterocycles. The highest BCUT2D eigenvalue weighted by Crippen LogP contribution is 2.27. The van der Waals surface area contributed by atoms with Gasteiger partial charge in [0.2, 0.25) is 0 Å². The predicted molar refractivity (Wildman–Crippen MR) is 75.6 cm³/mol. The number of benzene rings is 1. The lowest BCUT2D eigenvalue weighted by molar-refractivity contribution is -0.138. The van der Waals surface area contributed by atoms with Gasteiger partial charge in [0.05, 0.1) is 4.90 Å². The van der Waals surface area contributed by atoms with Crippen molar-refractivity contribution < 1.29 is 23.1 Å². The van der Waals surface area contributed by atoms with E-state index in [0.29, 0.717) is 24.8 Å². The monoisotopic (exact) mass is 311 g/mol. The molecule has 2 rings (SSSR count). The largest absolute Gasteiger partial charge is 0.480 e. The lowest BCUT2D eigenvalue weighted by atomic mass is 10.1. The maximum absolute atomic E-state index is 12.3. The summed E-state index contributed by atoms with van der Waals surface area (Å²) in [4.78, 5) is 22.4. The second kappa shape index (κ2) is 5.95. The minimum absolute atomic E-state index is 0.0930. The van der Waals surface area contributed by atoms with Gasteiger partial charge in [-0.2, -0.15) is 0 Å². The Bertz CT molecular complexity index is 650. The van der Waals surface area contributed by atoms with Crippen LogP contribution in [0.15, 0.2) is 29.2 Å². The lowest BCUT2D eigenvalue weighted by Gasteiger charge is -2.11. The number of aliphatic carboxylic acids is 1. The standard InChI is InChI=1S/C14H17NO5S/c15-11(14(17)18)8-9-4-6-10(7-5-9)21(19,20)13-3-1-2-12(13)16/h4-7,11,13H,1-3,8,15H2,(H,17,18). The van der Waals surface area contributed by atoms with Gasteiger partial charge in [-0.05, 0) is 37.0 Å². The van der Waals surface area contributed by atoms with E-state index in [1.54, 1.807) is 0 Å². The fraction of sp³-hybridized carbons (Fsp3) is 0.429. The Balaban J connectivity index is 2.18. The fourth-order valence-corrected chi connectivity index (χ4v) is 4.22. The van der Waals surface area contributed by atoms with Crippen LogP contribution in [0.1, 0.15) is 24.8 Å². The molecule has 0 aromatic heterocycles. The predicted octanol–water partition coefficient (Wildman–Crippen LogP) is 0.536. The summed E-state index contributed by atoms with van der Waals surface area (Å²) < 4.78 is 24.7. The van der Waals surface area contributed by atoms with E-state index in [0.717, 1.165) is 0 Å². The van der Waals surface area contributed by atoms with E-state index >= 15 is 0 Å². The first-order valence-electron chi connectivity index (χ1n) is 6.66. The lowest BCUT2D eigenvalue weighted by Crippen LogP contribution is -2.32. The zero-order valence-electron chi connectivity index (χ0n) is 11.4. The summed E-state index contributed by atoms with van der Waals surface area (Å²) in [5, 5.41) is 7.80. The molecule has 6 nitrogen and oxygen atoms in total. The zero-order valence-corrected chi connectivity index (χ0v) is 12.2. The van der Waals surface area contributed by atoms with Gasteiger partial charge in [-0.1, -0.05) is 12.1 Å². The van der Waals surface area contributed by atoms with Gasteiger partial charge >= 0.3 is 5.97 Å². The molecule has 1 aromatic rings. The highest BCUT2D eigenvalue weighted by Gasteiger charge is 2.36. The molecule has 1 aliphatic carbocycles. The van der Waals surface area contributed by atoms with E-state index in [9.17, 15) is 18.0 Å². The van der Waals surface area contributed by atoms with Crippen LogP contribution in [-0.4, -0.2) is 36.6 Å². The first-order valence-corrected chi connectivity index (χ1v) is 8.21. The summed E-state index contributed by atoms with van der Waals surface area (Å²) >= 11 is 0. The Hall–Kier alpha value is -1.73. The molecule has 2 atom stereocenters. The average Bonchev–Trinajstić information content (AvgIpc) is 2.86. The molecule has 0 heterocycles. The van der Waals surface area contributed by atoms with Crippen molar-refractivity contribution in [3.8, 4) is 0 Å². The van der Waals surface area contributed by atoms with Crippen LogP contribution in [0.3, 0.4) is 0 Å². The third-order valence-corrected chi connectivity index (χ3v) is 5.82. The minimum atomic E-state index is -3.65. The van der Waals surface area contributed by atoms with Gasteiger partial charge in [-0.15, -0.1) is 0 Å². The number of Topliss-reactive ketones (excluding diaryl/α,β-unsaturated/α-hetero) is 1. The highest BCUT2D eigenvalue weighted by atomic mass is 32.2. The van der Waals surface area contributed by atoms with Gasteiger partial charge in [-0.3, -0.25) is 9.59 Å². The van der Waals surface area contributed by atoms with Crippen LogP contribution in [-0.2, 0) is 25.8 Å². The second-order valence-electron chi connectivity index (χ2n) is 5.18. The van der Waals surface area contributed by atoms with E-state index in [4.69, 9.17) is 10.8 Å². The number of sulfone groups is 1. The van der Waals surface area contributed by atoms with E-state index in [1.807, 2.05) is 0 Å². The molecule has 3 N–H and O–H groups in total. The van der Waals surface area contributed by atoms with Crippen LogP contribution in [0.4, 0.5) is 0 Å². The smallest absolute Gasteiger partial charge is 0.320 e. The quantitative estimate of drug-likeness (QED) is 0.820. The van der Waals surface area contributed by atoms with Gasteiger partial charge in [0.1, 0.15) is 11.3 Å². The number of ketones is 1. The second-order valence-corrected chi connectivity index (χ2v) is 7.32. The van der Waals surface area contributed by atoms with Crippen LogP contribution in [0.2, 0.25) is 0 Å². The summed E-state index contributed by atoms with van der Waals surface area (Å²) in [5.74, 6) is -1.34. The summed E-state index contributed by atoms with van der Waals surface area (Å²) in [5.41, 5.74) is 6.07. The highest BCUT2D eigenvalue weighted by molar-refractivity contribution is 7.92. The molecule has 1 aromatic carbocycles. The van der Waals surface area contributed by atoms with E-state index in [-0.39, 0.29) is 17.1 Å². The number of carbonyl (C=O) groups excluding carboxylic acids is 1. The molecule has 1 saturated carbocycles. The third kappa shape index (κ3) is 3.30. The maximum Gasteiger partial charge on any atom is 0.320 e. The molecule has 0 radical (unpaired) electrons. The molecule has 21 heavy (non-hydrogen) atoms. The van der Waals surface area contributed by atoms with Crippen molar-refractivity contribution >= 4 is 21.6 Å². The van der Waals surface area contributed by atoms with E-state index in [2.05, 4.69) is 0 Å². The molecular formula is C14H17NO5S. The van der Waals surface area contributed by atoms with Crippen LogP contribution in [0.25, 0.3) is 0 Å². The molecule has 0 spiro atoms. The van der Waals surface area contributed by atoms with Crippen molar-refractivity contribution in [1.29, 1.82) is 0 Å². The van der Waals surface area contributed by atoms with Crippen LogP contribution in [0, 0.1) is 0 Å². The van der Waals surface area contributed by atoms with Gasteiger partial charge in [0, 0.05) is 6.42 Å². The van der Waals surface area contributed by atoms with Crippen molar-refractivity contribution in [2.45, 2.75) is 41.9 Å². The van der Waals surface area contributed by atoms with E-state index in [1.165, 1.54) is 24.3 Å². The fourth-order valence-electron chi connectivity index (χ4n) is 2.43. The molecule has 0 saturated heterocycles. The number of hydrogen-bond donors (Lipinski definition) is 2. The van der Waals surface area contributed by atoms with E-state index < -0.39 is 27.1 Å². The number of rotatable bonds is 5. The number of carboxylic acid groups (broad SMARTS) is 1. The first kappa shape index (κ1) is 15.7. The van der Waals surface area contributed by atoms with Crippen LogP contribution >= 0.6 is 0 Å². The molecule has 1 aliphatic rings. The maximum atomic E-state index is 12.3. The number of hydrogen-bond acceptors (Lipinski definition) is 5. The Morgan fingerprint density at radius 3 is 2.43 bits per heavy atom. The SMILES string of the molecule is NC(Cc1ccc(S(=O)(=O)C2CCCC2=O)cc1)C(=O)O. The summed E-state index contributed by atoms with van der Waals surface area (Å²) in [6, 6.07) is 4.86. The Morgan fingerprint density at radius 2 is 1.95 bits per heavy atom. The Labute approximate surface area is 122 Å². The molecular weight excluding hydrogens is 294 g/mol. The van der Waals surface area contributed by atoms with Gasteiger partial charge in [-0.25, -0.2) is 8.42 Å². The number of carboxylic acids is 1. The van der Waals surface area contributed by atoms with Crippen molar-refractivity contribution in [1.82, 2.24) is 0 Å². The first-order chi connectivity index (χ1) is 9.82. The van der Waals surface area contributed by atoms with Gasteiger partial charge in [0.15, 0.2) is 15.6 Å². The minimum Gasteiger partial charge on any atom is -0.480 e. The topological polar surface area (TPSA) is 115 Å². The molecule has 1 fully saturated rings. The number of nitrogens with two attached hydrogens (primary N) is 1.